The first kappa shape index (κ1) is 11.4. The van der Waals surface area contributed by atoms with Crippen molar-refractivity contribution in [1.29, 1.82) is 0 Å². The number of rotatable bonds is 4. The molecule has 0 saturated carbocycles. The monoisotopic (exact) mass is 221 g/mol. The Morgan fingerprint density at radius 1 is 1.50 bits per heavy atom. The number of hydrogen-bond acceptors (Lipinski definition) is 3. The maximum Gasteiger partial charge on any atom is 0.250 e. The Morgan fingerprint density at radius 3 is 3.06 bits per heavy atom. The van der Waals surface area contributed by atoms with Crippen molar-refractivity contribution in [2.75, 3.05) is 26.7 Å². The van der Waals surface area contributed by atoms with Crippen molar-refractivity contribution in [3.8, 4) is 0 Å². The van der Waals surface area contributed by atoms with Crippen LogP contribution in [0.1, 0.15) is 6.42 Å². The van der Waals surface area contributed by atoms with Crippen LogP contribution in [0.5, 0.6) is 0 Å². The summed E-state index contributed by atoms with van der Waals surface area (Å²) in [6.45, 7) is 3.90. The van der Waals surface area contributed by atoms with Gasteiger partial charge in [-0.05, 0) is 26.1 Å². The summed E-state index contributed by atoms with van der Waals surface area (Å²) in [5.41, 5.74) is 0.0767. The highest BCUT2D eigenvalue weighted by atomic mass is 16.1. The standard InChI is InChI=1S/C12H19N3O/c1-14-8-5-11(10-14)13-6-9-15-7-3-2-4-12(15)16/h2-4,7,11,13H,5-6,8-10H2,1H3. The lowest BCUT2D eigenvalue weighted by Gasteiger charge is -2.13. The Kier molecular flexibility index (Phi) is 3.74. The van der Waals surface area contributed by atoms with Gasteiger partial charge in [0.25, 0.3) is 5.56 Å². The van der Waals surface area contributed by atoms with E-state index >= 15 is 0 Å². The van der Waals surface area contributed by atoms with E-state index in [0.29, 0.717) is 6.04 Å². The van der Waals surface area contributed by atoms with Crippen LogP contribution in [-0.2, 0) is 6.54 Å². The molecule has 1 aromatic rings. The highest BCUT2D eigenvalue weighted by Gasteiger charge is 2.17. The average molecular weight is 221 g/mol. The van der Waals surface area contributed by atoms with Gasteiger partial charge >= 0.3 is 0 Å². The van der Waals surface area contributed by atoms with Crippen molar-refractivity contribution in [3.05, 3.63) is 34.7 Å². The average Bonchev–Trinajstić information content (AvgIpc) is 2.67. The first-order valence-corrected chi connectivity index (χ1v) is 5.83. The summed E-state index contributed by atoms with van der Waals surface area (Å²) >= 11 is 0. The number of aromatic nitrogens is 1. The van der Waals surface area contributed by atoms with Gasteiger partial charge in [0.05, 0.1) is 0 Å². The van der Waals surface area contributed by atoms with E-state index in [2.05, 4.69) is 17.3 Å². The number of nitrogens with zero attached hydrogens (tertiary/aromatic N) is 2. The van der Waals surface area contributed by atoms with E-state index in [-0.39, 0.29) is 5.56 Å². The maximum atomic E-state index is 11.4. The van der Waals surface area contributed by atoms with Gasteiger partial charge in [-0.25, -0.2) is 0 Å². The molecule has 1 unspecified atom stereocenters. The predicted octanol–water partition coefficient (Wildman–Crippen LogP) is 0.142. The molecule has 0 radical (unpaired) electrons. The normalized spacial score (nSPS) is 21.4. The van der Waals surface area contributed by atoms with Gasteiger partial charge in [-0.1, -0.05) is 6.07 Å². The molecule has 1 aliphatic heterocycles. The molecule has 1 aliphatic rings. The van der Waals surface area contributed by atoms with E-state index in [0.717, 1.165) is 19.6 Å². The molecule has 0 spiro atoms. The molecule has 0 bridgehead atoms. The van der Waals surface area contributed by atoms with Crippen LogP contribution in [0.4, 0.5) is 0 Å². The zero-order chi connectivity index (χ0) is 11.4. The molecule has 2 heterocycles. The lowest BCUT2D eigenvalue weighted by Crippen LogP contribution is -2.35. The zero-order valence-electron chi connectivity index (χ0n) is 9.72. The van der Waals surface area contributed by atoms with Crippen molar-refractivity contribution < 1.29 is 0 Å². The molecule has 4 nitrogen and oxygen atoms in total. The molecular formula is C12H19N3O. The molecule has 88 valence electrons. The second-order valence-corrected chi connectivity index (χ2v) is 4.43. The van der Waals surface area contributed by atoms with E-state index in [4.69, 9.17) is 0 Å². The molecule has 1 N–H and O–H groups in total. The Balaban J connectivity index is 1.76. The molecular weight excluding hydrogens is 202 g/mol. The number of likely N-dealkylation sites (N-methyl/N-ethyl adjacent to an activating group) is 1. The van der Waals surface area contributed by atoms with Crippen LogP contribution in [0.25, 0.3) is 0 Å². The summed E-state index contributed by atoms with van der Waals surface area (Å²) in [6, 6.07) is 5.86. The Hall–Kier alpha value is -1.13. The van der Waals surface area contributed by atoms with Crippen molar-refractivity contribution in [1.82, 2.24) is 14.8 Å². The van der Waals surface area contributed by atoms with E-state index in [1.165, 1.54) is 13.0 Å². The van der Waals surface area contributed by atoms with Gasteiger partial charge in [0.15, 0.2) is 0 Å². The zero-order valence-corrected chi connectivity index (χ0v) is 9.72. The first-order valence-electron chi connectivity index (χ1n) is 5.83. The largest absolute Gasteiger partial charge is 0.314 e. The van der Waals surface area contributed by atoms with Gasteiger partial charge in [-0.2, -0.15) is 0 Å². The molecule has 1 aromatic heterocycles. The van der Waals surface area contributed by atoms with Crippen molar-refractivity contribution in [2.24, 2.45) is 0 Å². The summed E-state index contributed by atoms with van der Waals surface area (Å²) in [7, 11) is 2.14. The van der Waals surface area contributed by atoms with Crippen LogP contribution in [0.3, 0.4) is 0 Å². The quantitative estimate of drug-likeness (QED) is 0.786. The first-order chi connectivity index (χ1) is 7.75. The molecule has 0 aliphatic carbocycles. The fourth-order valence-electron chi connectivity index (χ4n) is 2.14. The van der Waals surface area contributed by atoms with Gasteiger partial charge in [0.1, 0.15) is 0 Å². The molecule has 1 atom stereocenters. The van der Waals surface area contributed by atoms with Crippen molar-refractivity contribution >= 4 is 0 Å². The minimum atomic E-state index is 0.0767. The fraction of sp³-hybridized carbons (Fsp3) is 0.583. The third-order valence-corrected chi connectivity index (χ3v) is 3.08. The third-order valence-electron chi connectivity index (χ3n) is 3.08. The van der Waals surface area contributed by atoms with Crippen LogP contribution >= 0.6 is 0 Å². The summed E-state index contributed by atoms with van der Waals surface area (Å²) in [5, 5.41) is 3.49. The summed E-state index contributed by atoms with van der Waals surface area (Å²) in [4.78, 5) is 13.8. The minimum Gasteiger partial charge on any atom is -0.314 e. The van der Waals surface area contributed by atoms with Crippen LogP contribution < -0.4 is 10.9 Å². The predicted molar refractivity (Wildman–Crippen MR) is 64.6 cm³/mol. The fourth-order valence-corrected chi connectivity index (χ4v) is 2.14. The number of likely N-dealkylation sites (tertiary alicyclic amines) is 1. The topological polar surface area (TPSA) is 37.3 Å². The van der Waals surface area contributed by atoms with Gasteiger partial charge in [-0.15, -0.1) is 0 Å². The summed E-state index contributed by atoms with van der Waals surface area (Å²) in [6.07, 6.45) is 3.05. The SMILES string of the molecule is CN1CCC(NCCn2ccccc2=O)C1. The molecule has 0 amide bonds. The molecule has 16 heavy (non-hydrogen) atoms. The summed E-state index contributed by atoms with van der Waals surface area (Å²) < 4.78 is 1.74. The highest BCUT2D eigenvalue weighted by molar-refractivity contribution is 4.93. The van der Waals surface area contributed by atoms with Crippen LogP contribution in [0, 0.1) is 0 Å². The molecule has 4 heteroatoms. The third kappa shape index (κ3) is 2.93. The van der Waals surface area contributed by atoms with Crippen LogP contribution in [0.2, 0.25) is 0 Å². The molecule has 1 saturated heterocycles. The smallest absolute Gasteiger partial charge is 0.250 e. The van der Waals surface area contributed by atoms with E-state index in [1.807, 2.05) is 12.3 Å². The maximum absolute atomic E-state index is 11.4. The van der Waals surface area contributed by atoms with E-state index in [1.54, 1.807) is 16.7 Å². The van der Waals surface area contributed by atoms with Gasteiger partial charge in [0, 0.05) is 37.9 Å². The summed E-state index contributed by atoms with van der Waals surface area (Å²) in [5.74, 6) is 0. The van der Waals surface area contributed by atoms with Crippen molar-refractivity contribution in [2.45, 2.75) is 19.0 Å². The Morgan fingerprint density at radius 2 is 2.38 bits per heavy atom. The van der Waals surface area contributed by atoms with Gasteiger partial charge < -0.3 is 14.8 Å². The lowest BCUT2D eigenvalue weighted by atomic mass is 10.2. The Labute approximate surface area is 95.9 Å². The second kappa shape index (κ2) is 5.27. The van der Waals surface area contributed by atoms with Crippen LogP contribution in [0.15, 0.2) is 29.2 Å². The molecule has 1 fully saturated rings. The van der Waals surface area contributed by atoms with Crippen molar-refractivity contribution in [3.63, 3.8) is 0 Å². The van der Waals surface area contributed by atoms with Gasteiger partial charge in [-0.3, -0.25) is 4.79 Å². The van der Waals surface area contributed by atoms with E-state index < -0.39 is 0 Å². The second-order valence-electron chi connectivity index (χ2n) is 4.43. The molecule has 2 rings (SSSR count). The number of nitrogens with one attached hydrogen (secondary N) is 1. The number of hydrogen-bond donors (Lipinski definition) is 1. The minimum absolute atomic E-state index is 0.0767. The lowest BCUT2D eigenvalue weighted by molar-refractivity contribution is 0.395. The molecule has 0 aromatic carbocycles. The van der Waals surface area contributed by atoms with E-state index in [9.17, 15) is 4.79 Å². The highest BCUT2D eigenvalue weighted by Crippen LogP contribution is 2.05. The number of pyridine rings is 1. The Bertz CT molecular complexity index is 388. The van der Waals surface area contributed by atoms with Gasteiger partial charge in [0.2, 0.25) is 0 Å². The van der Waals surface area contributed by atoms with Crippen LogP contribution in [-0.4, -0.2) is 42.2 Å².